The SMILES string of the molecule is Cc1ccncc1-c1ccc(O)c2c1C[C@@]1(N)C[C@H]3CC(O)=C(C(N)=O)C(=O)[C@@]3(ON)C(O)=C1C2=O. The van der Waals surface area contributed by atoms with E-state index < -0.39 is 51.6 Å². The number of hydrogen-bond acceptors (Lipinski definition) is 10. The molecular weight excluding hydrogens is 468 g/mol. The molecule has 1 amide bonds. The molecule has 1 aromatic heterocycles. The molecule has 3 aliphatic carbocycles. The fraction of sp³-hybridized carbons (Fsp3) is 0.280. The summed E-state index contributed by atoms with van der Waals surface area (Å²) in [5.74, 6) is -0.478. The maximum atomic E-state index is 13.8. The number of aryl methyl sites for hydroxylation is 1. The van der Waals surface area contributed by atoms with Crippen molar-refractivity contribution >= 4 is 17.5 Å². The van der Waals surface area contributed by atoms with Crippen LogP contribution in [0.2, 0.25) is 0 Å². The Bertz CT molecular complexity index is 1450. The third-order valence-electron chi connectivity index (χ3n) is 7.56. The maximum Gasteiger partial charge on any atom is 0.255 e. The Hall–Kier alpha value is -4.06. The molecule has 3 atom stereocenters. The summed E-state index contributed by atoms with van der Waals surface area (Å²) in [4.78, 5) is 48.2. The van der Waals surface area contributed by atoms with Crippen LogP contribution in [0.4, 0.5) is 0 Å². The lowest BCUT2D eigenvalue weighted by molar-refractivity contribution is -0.156. The number of hydrogen-bond donors (Lipinski definition) is 6. The van der Waals surface area contributed by atoms with Crippen LogP contribution in [0, 0.1) is 12.8 Å². The van der Waals surface area contributed by atoms with Gasteiger partial charge in [-0.05, 0) is 48.6 Å². The van der Waals surface area contributed by atoms with Crippen molar-refractivity contribution < 1.29 is 34.5 Å². The number of fused-ring (bicyclic) bond motifs is 3. The Morgan fingerprint density at radius 1 is 1.17 bits per heavy atom. The average Bonchev–Trinajstić information content (AvgIpc) is 2.79. The van der Waals surface area contributed by atoms with Crippen LogP contribution in [-0.2, 0) is 20.8 Å². The zero-order valence-corrected chi connectivity index (χ0v) is 19.2. The number of pyridine rings is 1. The van der Waals surface area contributed by atoms with E-state index in [-0.39, 0.29) is 36.1 Å². The minimum atomic E-state index is -2.35. The zero-order valence-electron chi connectivity index (χ0n) is 19.2. The number of nitrogens with two attached hydrogens (primary N) is 3. The number of benzene rings is 1. The fourth-order valence-electron chi connectivity index (χ4n) is 5.93. The highest BCUT2D eigenvalue weighted by Gasteiger charge is 2.64. The van der Waals surface area contributed by atoms with Crippen molar-refractivity contribution in [2.45, 2.75) is 37.3 Å². The van der Waals surface area contributed by atoms with Crippen molar-refractivity contribution in [3.8, 4) is 16.9 Å². The number of phenolic OH excluding ortho intramolecular Hbond substituents is 1. The van der Waals surface area contributed by atoms with E-state index in [4.69, 9.17) is 22.2 Å². The normalized spacial score (nSPS) is 27.5. The third kappa shape index (κ3) is 2.90. The minimum absolute atomic E-state index is 0.00400. The summed E-state index contributed by atoms with van der Waals surface area (Å²) in [5, 5.41) is 32.5. The molecule has 0 bridgehead atoms. The summed E-state index contributed by atoms with van der Waals surface area (Å²) in [6.07, 6.45) is 2.86. The Kier molecular flexibility index (Phi) is 5.08. The number of aliphatic hydroxyl groups excluding tert-OH is 2. The number of aliphatic hydroxyl groups is 2. The van der Waals surface area contributed by atoms with E-state index >= 15 is 0 Å². The van der Waals surface area contributed by atoms with Crippen LogP contribution in [-0.4, -0.2) is 48.9 Å². The van der Waals surface area contributed by atoms with Crippen LogP contribution >= 0.6 is 0 Å². The number of carbonyl (C=O) groups is 3. The molecule has 11 nitrogen and oxygen atoms in total. The van der Waals surface area contributed by atoms with Crippen molar-refractivity contribution in [2.24, 2.45) is 23.3 Å². The van der Waals surface area contributed by atoms with Gasteiger partial charge in [-0.2, -0.15) is 0 Å². The molecule has 0 fully saturated rings. The molecule has 0 saturated heterocycles. The van der Waals surface area contributed by atoms with Crippen molar-refractivity contribution in [3.63, 3.8) is 0 Å². The van der Waals surface area contributed by atoms with E-state index in [1.165, 1.54) is 6.07 Å². The smallest absolute Gasteiger partial charge is 0.255 e. The fourth-order valence-corrected chi connectivity index (χ4v) is 5.93. The third-order valence-corrected chi connectivity index (χ3v) is 7.56. The van der Waals surface area contributed by atoms with Gasteiger partial charge >= 0.3 is 0 Å². The first-order valence-electron chi connectivity index (χ1n) is 11.2. The first kappa shape index (κ1) is 23.7. The number of ketones is 2. The van der Waals surface area contributed by atoms with E-state index in [1.54, 1.807) is 24.5 Å². The molecule has 186 valence electrons. The van der Waals surface area contributed by atoms with Gasteiger partial charge in [-0.15, -0.1) is 0 Å². The zero-order chi connectivity index (χ0) is 26.2. The van der Waals surface area contributed by atoms with Crippen LogP contribution in [0.5, 0.6) is 5.75 Å². The number of Topliss-reactive ketones (excluding diaryl/α,β-unsaturated/α-hetero) is 2. The van der Waals surface area contributed by atoms with Crippen LogP contribution in [0.1, 0.15) is 34.3 Å². The van der Waals surface area contributed by atoms with Crippen molar-refractivity contribution in [1.82, 2.24) is 4.98 Å². The molecule has 2 aromatic rings. The van der Waals surface area contributed by atoms with Gasteiger partial charge in [-0.25, -0.2) is 5.90 Å². The quantitative estimate of drug-likeness (QED) is 0.263. The summed E-state index contributed by atoms with van der Waals surface area (Å²) < 4.78 is 0. The molecule has 0 unspecified atom stereocenters. The molecule has 1 heterocycles. The lowest BCUT2D eigenvalue weighted by atomic mass is 9.57. The molecule has 0 spiro atoms. The van der Waals surface area contributed by atoms with Gasteiger partial charge in [0.15, 0.2) is 5.78 Å². The molecule has 5 rings (SSSR count). The number of allylic oxidation sites excluding steroid dienone is 1. The number of rotatable bonds is 3. The molecule has 3 aliphatic rings. The Morgan fingerprint density at radius 3 is 2.53 bits per heavy atom. The molecule has 11 heteroatoms. The van der Waals surface area contributed by atoms with Gasteiger partial charge in [0.1, 0.15) is 22.8 Å². The highest BCUT2D eigenvalue weighted by molar-refractivity contribution is 6.25. The molecule has 0 saturated carbocycles. The predicted octanol–water partition coefficient (Wildman–Crippen LogP) is 0.930. The van der Waals surface area contributed by atoms with Gasteiger partial charge in [-0.1, -0.05) is 6.07 Å². The van der Waals surface area contributed by atoms with Crippen molar-refractivity contribution in [1.29, 1.82) is 0 Å². The number of carbonyl (C=O) groups excluding carboxylic acids is 3. The van der Waals surface area contributed by atoms with Crippen LogP contribution in [0.15, 0.2) is 53.3 Å². The maximum absolute atomic E-state index is 13.8. The second-order valence-electron chi connectivity index (χ2n) is 9.54. The monoisotopic (exact) mass is 492 g/mol. The number of primary amides is 1. The summed E-state index contributed by atoms with van der Waals surface area (Å²) in [6.45, 7) is 1.88. The second kappa shape index (κ2) is 7.72. The van der Waals surface area contributed by atoms with Crippen LogP contribution < -0.4 is 17.4 Å². The Morgan fingerprint density at radius 2 is 1.89 bits per heavy atom. The van der Waals surface area contributed by atoms with E-state index in [9.17, 15) is 29.7 Å². The summed E-state index contributed by atoms with van der Waals surface area (Å²) in [5.41, 5.74) is 9.68. The standard InChI is InChI=1S/C25H24N4O7/c1-10-4-5-29-9-14(10)12-2-3-15(30)17-13(12)8-24(27)7-11-6-16(31)18(23(26)35)21(33)25(11,36-28)22(34)19(24)20(17)32/h2-5,9,11,30-31,34H,6-8,27-28H2,1H3,(H2,26,35)/t11-,24+,25-/m1/s1. The number of nitrogens with zero attached hydrogens (tertiary/aromatic N) is 1. The minimum Gasteiger partial charge on any atom is -0.511 e. The highest BCUT2D eigenvalue weighted by atomic mass is 16.6. The lowest BCUT2D eigenvalue weighted by Crippen LogP contribution is -2.65. The van der Waals surface area contributed by atoms with Gasteiger partial charge in [0.05, 0.1) is 16.7 Å². The molecule has 36 heavy (non-hydrogen) atoms. The molecular formula is C25H24N4O7. The number of aromatic nitrogens is 1. The number of phenols is 1. The number of aromatic hydroxyl groups is 1. The highest BCUT2D eigenvalue weighted by Crippen LogP contribution is 2.54. The molecule has 0 radical (unpaired) electrons. The first-order valence-corrected chi connectivity index (χ1v) is 11.2. The predicted molar refractivity (Wildman–Crippen MR) is 125 cm³/mol. The van der Waals surface area contributed by atoms with Crippen molar-refractivity contribution in [3.05, 3.63) is 69.9 Å². The second-order valence-corrected chi connectivity index (χ2v) is 9.54. The summed E-state index contributed by atoms with van der Waals surface area (Å²) in [7, 11) is 0. The molecule has 9 N–H and O–H groups in total. The van der Waals surface area contributed by atoms with E-state index in [0.29, 0.717) is 11.1 Å². The van der Waals surface area contributed by atoms with Crippen LogP contribution in [0.25, 0.3) is 11.1 Å². The Balaban J connectivity index is 1.77. The van der Waals surface area contributed by atoms with Gasteiger partial charge in [0.2, 0.25) is 11.4 Å². The van der Waals surface area contributed by atoms with E-state index in [0.717, 1.165) is 11.1 Å². The van der Waals surface area contributed by atoms with E-state index in [2.05, 4.69) is 4.98 Å². The van der Waals surface area contributed by atoms with Gasteiger partial charge < -0.3 is 26.8 Å². The summed E-state index contributed by atoms with van der Waals surface area (Å²) in [6, 6.07) is 4.83. The molecule has 1 aromatic carbocycles. The van der Waals surface area contributed by atoms with Gasteiger partial charge in [0.25, 0.3) is 5.91 Å². The number of amides is 1. The molecule has 0 aliphatic heterocycles. The lowest BCUT2D eigenvalue weighted by Gasteiger charge is -2.51. The van der Waals surface area contributed by atoms with Gasteiger partial charge in [0, 0.05) is 30.3 Å². The topological polar surface area (TPSA) is 212 Å². The first-order chi connectivity index (χ1) is 17.0. The largest absolute Gasteiger partial charge is 0.511 e. The van der Waals surface area contributed by atoms with Gasteiger partial charge in [-0.3, -0.25) is 24.2 Å². The van der Waals surface area contributed by atoms with Crippen molar-refractivity contribution in [2.75, 3.05) is 0 Å². The van der Waals surface area contributed by atoms with E-state index in [1.807, 2.05) is 6.92 Å². The summed E-state index contributed by atoms with van der Waals surface area (Å²) >= 11 is 0. The van der Waals surface area contributed by atoms with Crippen LogP contribution in [0.3, 0.4) is 0 Å². The average molecular weight is 492 g/mol. The Labute approximate surface area is 204 Å².